The van der Waals surface area contributed by atoms with Crippen molar-refractivity contribution in [2.45, 2.75) is 70.8 Å². The molecule has 2 saturated carbocycles. The van der Waals surface area contributed by atoms with E-state index in [0.29, 0.717) is 41.6 Å². The highest BCUT2D eigenvalue weighted by Gasteiger charge is 2.58. The van der Waals surface area contributed by atoms with Crippen molar-refractivity contribution in [3.05, 3.63) is 77.1 Å². The van der Waals surface area contributed by atoms with Crippen LogP contribution in [0.15, 0.2) is 54.7 Å². The first-order valence-corrected chi connectivity index (χ1v) is 13.3. The number of ketones is 1. The van der Waals surface area contributed by atoms with E-state index in [0.717, 1.165) is 57.2 Å². The molecule has 0 spiro atoms. The van der Waals surface area contributed by atoms with Crippen molar-refractivity contribution in [2.24, 2.45) is 23.2 Å². The molecule has 2 aromatic carbocycles. The van der Waals surface area contributed by atoms with E-state index in [1.807, 2.05) is 22.9 Å². The molecule has 3 aliphatic rings. The number of phenolic OH excluding ortho intramolecular Hbond substituents is 1. The van der Waals surface area contributed by atoms with Crippen molar-refractivity contribution < 1.29 is 9.90 Å². The van der Waals surface area contributed by atoms with Gasteiger partial charge in [0.1, 0.15) is 11.5 Å². The van der Waals surface area contributed by atoms with E-state index in [1.165, 1.54) is 16.7 Å². The van der Waals surface area contributed by atoms with Crippen molar-refractivity contribution in [2.75, 3.05) is 0 Å². The molecule has 5 heteroatoms. The number of phenols is 1. The molecule has 0 amide bonds. The highest BCUT2D eigenvalue weighted by atomic mass is 16.3. The third-order valence-electron chi connectivity index (χ3n) is 9.38. The SMILES string of the molecule is C[C@]12CC[C@@H]3c4ccc(O)cc4CC[C@H]3[C@@H]1[C@H](CCn1cc(CCc3ccccc3)nn1)CC2=O. The van der Waals surface area contributed by atoms with Gasteiger partial charge < -0.3 is 5.11 Å². The molecular weight excluding hydrogens is 434 g/mol. The molecule has 0 bridgehead atoms. The Labute approximate surface area is 207 Å². The fourth-order valence-corrected chi connectivity index (χ4v) is 7.67. The van der Waals surface area contributed by atoms with Gasteiger partial charge in [-0.05, 0) is 97.4 Å². The van der Waals surface area contributed by atoms with Gasteiger partial charge >= 0.3 is 0 Å². The molecule has 2 fully saturated rings. The first kappa shape index (κ1) is 22.5. The zero-order valence-electron chi connectivity index (χ0n) is 20.6. The Hall–Kier alpha value is -2.95. The van der Waals surface area contributed by atoms with Crippen LogP contribution in [0, 0.1) is 23.2 Å². The van der Waals surface area contributed by atoms with Crippen molar-refractivity contribution in [1.82, 2.24) is 15.0 Å². The molecule has 0 radical (unpaired) electrons. The topological polar surface area (TPSA) is 68.0 Å². The highest BCUT2D eigenvalue weighted by Crippen LogP contribution is 2.62. The first-order valence-electron chi connectivity index (χ1n) is 13.3. The van der Waals surface area contributed by atoms with Crippen molar-refractivity contribution in [3.63, 3.8) is 0 Å². The minimum atomic E-state index is -0.177. The number of hydrogen-bond donors (Lipinski definition) is 1. The van der Waals surface area contributed by atoms with E-state index in [4.69, 9.17) is 0 Å². The molecule has 0 saturated heterocycles. The quantitative estimate of drug-likeness (QED) is 0.517. The Bertz CT molecular complexity index is 1220. The van der Waals surface area contributed by atoms with E-state index in [1.54, 1.807) is 0 Å². The second kappa shape index (κ2) is 8.92. The molecule has 6 rings (SSSR count). The van der Waals surface area contributed by atoms with Crippen LogP contribution >= 0.6 is 0 Å². The lowest BCUT2D eigenvalue weighted by Gasteiger charge is -2.50. The van der Waals surface area contributed by atoms with Gasteiger partial charge in [-0.3, -0.25) is 9.48 Å². The van der Waals surface area contributed by atoms with Gasteiger partial charge in [0.15, 0.2) is 0 Å². The number of carbonyl (C=O) groups excluding carboxylic acids is 1. The number of benzene rings is 2. The summed E-state index contributed by atoms with van der Waals surface area (Å²) in [6, 6.07) is 16.4. The van der Waals surface area contributed by atoms with Crippen molar-refractivity contribution >= 4 is 5.78 Å². The van der Waals surface area contributed by atoms with Gasteiger partial charge in [-0.1, -0.05) is 48.5 Å². The molecule has 0 aliphatic heterocycles. The molecule has 1 aromatic heterocycles. The summed E-state index contributed by atoms with van der Waals surface area (Å²) in [5.74, 6) is 2.77. The maximum absolute atomic E-state index is 13.3. The van der Waals surface area contributed by atoms with Gasteiger partial charge in [-0.15, -0.1) is 5.10 Å². The largest absolute Gasteiger partial charge is 0.508 e. The summed E-state index contributed by atoms with van der Waals surface area (Å²) >= 11 is 0. The van der Waals surface area contributed by atoms with Crippen LogP contribution < -0.4 is 0 Å². The van der Waals surface area contributed by atoms with Crippen LogP contribution in [0.4, 0.5) is 0 Å². The average molecular weight is 470 g/mol. The number of aromatic hydroxyl groups is 1. The van der Waals surface area contributed by atoms with Gasteiger partial charge in [-0.2, -0.15) is 0 Å². The van der Waals surface area contributed by atoms with Crippen LogP contribution in [0.2, 0.25) is 0 Å². The van der Waals surface area contributed by atoms with Crippen LogP contribution in [0.1, 0.15) is 67.3 Å². The molecule has 182 valence electrons. The first-order chi connectivity index (χ1) is 17.0. The maximum Gasteiger partial charge on any atom is 0.139 e. The number of aromatic nitrogens is 3. The molecule has 5 nitrogen and oxygen atoms in total. The average Bonchev–Trinajstić information content (AvgIpc) is 3.43. The second-order valence-electron chi connectivity index (χ2n) is 11.3. The van der Waals surface area contributed by atoms with Crippen LogP contribution in [0.5, 0.6) is 5.75 Å². The minimum Gasteiger partial charge on any atom is -0.508 e. The Morgan fingerprint density at radius 2 is 1.97 bits per heavy atom. The number of aryl methyl sites for hydroxylation is 4. The third-order valence-corrected chi connectivity index (χ3v) is 9.38. The van der Waals surface area contributed by atoms with Crippen molar-refractivity contribution in [3.8, 4) is 5.75 Å². The molecule has 3 aromatic rings. The Kier molecular flexibility index (Phi) is 5.74. The fraction of sp³-hybridized carbons (Fsp3) is 0.500. The number of fused-ring (bicyclic) bond motifs is 5. The molecule has 35 heavy (non-hydrogen) atoms. The van der Waals surface area contributed by atoms with Crippen LogP contribution in [0.3, 0.4) is 0 Å². The highest BCUT2D eigenvalue weighted by molar-refractivity contribution is 5.87. The lowest BCUT2D eigenvalue weighted by atomic mass is 9.54. The zero-order chi connectivity index (χ0) is 24.0. The van der Waals surface area contributed by atoms with E-state index in [9.17, 15) is 9.90 Å². The molecule has 1 heterocycles. The van der Waals surface area contributed by atoms with E-state index >= 15 is 0 Å². The normalized spacial score (nSPS) is 29.5. The number of hydrogen-bond acceptors (Lipinski definition) is 4. The van der Waals surface area contributed by atoms with Crippen molar-refractivity contribution in [1.29, 1.82) is 0 Å². The van der Waals surface area contributed by atoms with Gasteiger partial charge in [-0.25, -0.2) is 0 Å². The van der Waals surface area contributed by atoms with E-state index in [2.05, 4.69) is 53.8 Å². The number of carbonyl (C=O) groups is 1. The molecule has 3 aliphatic carbocycles. The number of nitrogens with zero attached hydrogens (tertiary/aromatic N) is 3. The third kappa shape index (κ3) is 4.09. The summed E-state index contributed by atoms with van der Waals surface area (Å²) in [7, 11) is 0. The minimum absolute atomic E-state index is 0.177. The van der Waals surface area contributed by atoms with Gasteiger partial charge in [0.25, 0.3) is 0 Å². The lowest BCUT2D eigenvalue weighted by molar-refractivity contribution is -0.129. The summed E-state index contributed by atoms with van der Waals surface area (Å²) in [5, 5.41) is 18.8. The standard InChI is InChI=1S/C30H35N3O2/c1-30-15-13-26-25-12-10-24(34)17-21(25)8-11-27(26)29(30)22(18-28(30)35)14-16-33-19-23(31-32-33)9-7-20-5-3-2-4-6-20/h2-6,10,12,17,19,22,26-27,29,34H,7-9,11,13-16,18H2,1H3/t22-,26-,27-,29+,30-/m1/s1. The van der Waals surface area contributed by atoms with Crippen LogP contribution in [-0.4, -0.2) is 25.9 Å². The van der Waals surface area contributed by atoms with Crippen LogP contribution in [-0.2, 0) is 30.6 Å². The Morgan fingerprint density at radius 3 is 2.83 bits per heavy atom. The maximum atomic E-state index is 13.3. The molecule has 0 unspecified atom stereocenters. The second-order valence-corrected chi connectivity index (χ2v) is 11.3. The zero-order valence-corrected chi connectivity index (χ0v) is 20.6. The number of rotatable bonds is 6. The number of Topliss-reactive ketones (excluding diaryl/α,β-unsaturated/α-hetero) is 1. The predicted molar refractivity (Wildman–Crippen MR) is 135 cm³/mol. The van der Waals surface area contributed by atoms with Gasteiger partial charge in [0, 0.05) is 24.6 Å². The van der Waals surface area contributed by atoms with Crippen LogP contribution in [0.25, 0.3) is 0 Å². The molecule has 1 N–H and O–H groups in total. The van der Waals surface area contributed by atoms with E-state index in [-0.39, 0.29) is 5.41 Å². The summed E-state index contributed by atoms with van der Waals surface area (Å²) in [6.45, 7) is 3.07. The summed E-state index contributed by atoms with van der Waals surface area (Å²) < 4.78 is 1.99. The Morgan fingerprint density at radius 1 is 1.11 bits per heavy atom. The lowest BCUT2D eigenvalue weighted by Crippen LogP contribution is -2.44. The molecule has 5 atom stereocenters. The summed E-state index contributed by atoms with van der Waals surface area (Å²) in [4.78, 5) is 13.3. The Balaban J connectivity index is 1.15. The van der Waals surface area contributed by atoms with Gasteiger partial charge in [0.05, 0.1) is 5.69 Å². The van der Waals surface area contributed by atoms with Gasteiger partial charge in [0.2, 0.25) is 0 Å². The fourth-order valence-electron chi connectivity index (χ4n) is 7.67. The van der Waals surface area contributed by atoms with E-state index < -0.39 is 0 Å². The molecular formula is C30H35N3O2. The summed E-state index contributed by atoms with van der Waals surface area (Å²) in [6.07, 6.45) is 9.85. The smallest absolute Gasteiger partial charge is 0.139 e. The monoisotopic (exact) mass is 469 g/mol. The summed E-state index contributed by atoms with van der Waals surface area (Å²) in [5.41, 5.74) is 4.90. The predicted octanol–water partition coefficient (Wildman–Crippen LogP) is 5.51.